The largest absolute Gasteiger partial charge is 0.0625 e. The Morgan fingerprint density at radius 3 is 1.22 bits per heavy atom. The Kier molecular flexibility index (Phi) is 8.23. The molecule has 0 saturated carbocycles. The van der Waals surface area contributed by atoms with Crippen molar-refractivity contribution in [1.82, 2.24) is 0 Å². The summed E-state index contributed by atoms with van der Waals surface area (Å²) in [6, 6.07) is 0. The highest BCUT2D eigenvalue weighted by Crippen LogP contribution is 2.26. The highest BCUT2D eigenvalue weighted by Gasteiger charge is 2.11. The van der Waals surface area contributed by atoms with Crippen molar-refractivity contribution in [2.45, 2.75) is 99.8 Å². The van der Waals surface area contributed by atoms with Crippen LogP contribution < -0.4 is 0 Å². The van der Waals surface area contributed by atoms with Gasteiger partial charge in [-0.2, -0.15) is 0 Å². The molecule has 0 spiro atoms. The van der Waals surface area contributed by atoms with Crippen molar-refractivity contribution in [2.75, 3.05) is 0 Å². The molecule has 0 aliphatic heterocycles. The fourth-order valence-corrected chi connectivity index (χ4v) is 2.44. The molecule has 0 fully saturated rings. The Bertz CT molecular complexity index is 167. The maximum absolute atomic E-state index is 2.44. The van der Waals surface area contributed by atoms with Gasteiger partial charge in [-0.15, -0.1) is 0 Å². The average molecular weight is 255 g/mol. The molecule has 0 N–H and O–H groups in total. The first-order valence-corrected chi connectivity index (χ1v) is 8.10. The Labute approximate surface area is 117 Å². The van der Waals surface area contributed by atoms with Crippen LogP contribution in [-0.2, 0) is 0 Å². The van der Waals surface area contributed by atoms with Crippen LogP contribution in [0.15, 0.2) is 0 Å². The molecule has 0 amide bonds. The van der Waals surface area contributed by atoms with Gasteiger partial charge in [0.15, 0.2) is 0 Å². The number of hydrogen-bond donors (Lipinski definition) is 0. The number of unbranched alkanes of at least 4 members (excludes halogenated alkanes) is 2. The van der Waals surface area contributed by atoms with Crippen LogP contribution in [0.5, 0.6) is 0 Å². The summed E-state index contributed by atoms with van der Waals surface area (Å²) in [5, 5.41) is 0. The van der Waals surface area contributed by atoms with E-state index in [0.29, 0.717) is 10.8 Å². The summed E-state index contributed by atoms with van der Waals surface area (Å²) in [7, 11) is 0. The van der Waals surface area contributed by atoms with Gasteiger partial charge in [0.1, 0.15) is 0 Å². The Morgan fingerprint density at radius 1 is 0.611 bits per heavy atom. The fraction of sp³-hybridized carbons (Fsp3) is 1.00. The standard InChI is InChI=1S/C18H38/c1-16(12-8-10-14-17(2,3)4)13-9-11-15-18(5,6)7/h16H,8-15H2,1-7H3. The SMILES string of the molecule is CC(CCCCC(C)(C)C)CCCCC(C)(C)C. The molecule has 0 atom stereocenters. The zero-order chi connectivity index (χ0) is 14.2. The zero-order valence-electron chi connectivity index (χ0n) is 14.2. The molecular weight excluding hydrogens is 216 g/mol. The van der Waals surface area contributed by atoms with Gasteiger partial charge in [-0.3, -0.25) is 0 Å². The van der Waals surface area contributed by atoms with E-state index in [-0.39, 0.29) is 0 Å². The summed E-state index contributed by atoms with van der Waals surface area (Å²) in [5.74, 6) is 0.935. The summed E-state index contributed by atoms with van der Waals surface area (Å²) >= 11 is 0. The molecule has 0 bridgehead atoms. The predicted octanol–water partition coefficient (Wildman–Crippen LogP) is 6.84. The highest BCUT2D eigenvalue weighted by atomic mass is 14.2. The first-order chi connectivity index (χ1) is 8.10. The lowest BCUT2D eigenvalue weighted by atomic mass is 9.87. The summed E-state index contributed by atoms with van der Waals surface area (Å²) in [6.07, 6.45) is 11.3. The lowest BCUT2D eigenvalue weighted by Crippen LogP contribution is -2.05. The molecule has 0 aromatic heterocycles. The number of rotatable bonds is 8. The second kappa shape index (κ2) is 8.23. The third-order valence-corrected chi connectivity index (χ3v) is 3.75. The summed E-state index contributed by atoms with van der Waals surface area (Å²) in [5.41, 5.74) is 1.05. The molecule has 0 rings (SSSR count). The molecule has 110 valence electrons. The van der Waals surface area contributed by atoms with E-state index >= 15 is 0 Å². The smallest absolute Gasteiger partial charge is 0.0383 e. The van der Waals surface area contributed by atoms with Crippen LogP contribution in [0.2, 0.25) is 0 Å². The Balaban J connectivity index is 3.41. The van der Waals surface area contributed by atoms with E-state index in [4.69, 9.17) is 0 Å². The van der Waals surface area contributed by atoms with Crippen LogP contribution in [0, 0.1) is 16.7 Å². The second-order valence-electron chi connectivity index (χ2n) is 8.72. The van der Waals surface area contributed by atoms with E-state index in [0.717, 1.165) is 5.92 Å². The fourth-order valence-electron chi connectivity index (χ4n) is 2.44. The third kappa shape index (κ3) is 14.1. The molecule has 0 nitrogen and oxygen atoms in total. The normalized spacial score (nSPS) is 13.3. The van der Waals surface area contributed by atoms with Crippen molar-refractivity contribution in [1.29, 1.82) is 0 Å². The van der Waals surface area contributed by atoms with Crippen LogP contribution in [0.3, 0.4) is 0 Å². The number of hydrogen-bond acceptors (Lipinski definition) is 0. The van der Waals surface area contributed by atoms with Crippen molar-refractivity contribution in [3.8, 4) is 0 Å². The van der Waals surface area contributed by atoms with Gasteiger partial charge in [-0.25, -0.2) is 0 Å². The minimum Gasteiger partial charge on any atom is -0.0625 e. The van der Waals surface area contributed by atoms with Gasteiger partial charge in [-0.05, 0) is 29.6 Å². The summed E-state index contributed by atoms with van der Waals surface area (Å²) in [6.45, 7) is 16.5. The molecule has 0 aromatic carbocycles. The Hall–Kier alpha value is 0. The maximum Gasteiger partial charge on any atom is -0.0383 e. The highest BCUT2D eigenvalue weighted by molar-refractivity contribution is 4.64. The molecule has 0 saturated heterocycles. The second-order valence-corrected chi connectivity index (χ2v) is 8.72. The molecule has 18 heavy (non-hydrogen) atoms. The molecule has 0 aliphatic rings. The first kappa shape index (κ1) is 18.0. The van der Waals surface area contributed by atoms with Crippen molar-refractivity contribution in [3.63, 3.8) is 0 Å². The molecule has 0 aromatic rings. The van der Waals surface area contributed by atoms with Crippen LogP contribution in [0.1, 0.15) is 99.8 Å². The van der Waals surface area contributed by atoms with E-state index in [1.54, 1.807) is 0 Å². The summed E-state index contributed by atoms with van der Waals surface area (Å²) < 4.78 is 0. The van der Waals surface area contributed by atoms with Crippen LogP contribution in [0.25, 0.3) is 0 Å². The summed E-state index contributed by atoms with van der Waals surface area (Å²) in [4.78, 5) is 0. The average Bonchev–Trinajstić information content (AvgIpc) is 2.17. The molecule has 0 heterocycles. The molecule has 0 heteroatoms. The van der Waals surface area contributed by atoms with E-state index < -0.39 is 0 Å². The van der Waals surface area contributed by atoms with Crippen molar-refractivity contribution < 1.29 is 0 Å². The zero-order valence-corrected chi connectivity index (χ0v) is 14.2. The molecular formula is C18H38. The van der Waals surface area contributed by atoms with Crippen LogP contribution in [0.4, 0.5) is 0 Å². The molecule has 0 unspecified atom stereocenters. The van der Waals surface area contributed by atoms with E-state index in [1.165, 1.54) is 51.4 Å². The minimum absolute atomic E-state index is 0.524. The van der Waals surface area contributed by atoms with Crippen molar-refractivity contribution in [2.24, 2.45) is 16.7 Å². The van der Waals surface area contributed by atoms with Crippen molar-refractivity contribution in [3.05, 3.63) is 0 Å². The van der Waals surface area contributed by atoms with Crippen molar-refractivity contribution >= 4 is 0 Å². The van der Waals surface area contributed by atoms with Gasteiger partial charge >= 0.3 is 0 Å². The van der Waals surface area contributed by atoms with Gasteiger partial charge in [0, 0.05) is 0 Å². The quantitative estimate of drug-likeness (QED) is 0.416. The topological polar surface area (TPSA) is 0 Å². The maximum atomic E-state index is 2.44. The van der Waals surface area contributed by atoms with E-state index in [2.05, 4.69) is 48.5 Å². The van der Waals surface area contributed by atoms with Gasteiger partial charge in [0.05, 0.1) is 0 Å². The van der Waals surface area contributed by atoms with Gasteiger partial charge in [-0.1, -0.05) is 87.0 Å². The van der Waals surface area contributed by atoms with Gasteiger partial charge < -0.3 is 0 Å². The Morgan fingerprint density at radius 2 is 0.944 bits per heavy atom. The first-order valence-electron chi connectivity index (χ1n) is 8.10. The molecule has 0 radical (unpaired) electrons. The molecule has 0 aliphatic carbocycles. The van der Waals surface area contributed by atoms with Crippen LogP contribution >= 0.6 is 0 Å². The van der Waals surface area contributed by atoms with E-state index in [1.807, 2.05) is 0 Å². The lowest BCUT2D eigenvalue weighted by molar-refractivity contribution is 0.333. The van der Waals surface area contributed by atoms with E-state index in [9.17, 15) is 0 Å². The monoisotopic (exact) mass is 254 g/mol. The van der Waals surface area contributed by atoms with Gasteiger partial charge in [0.25, 0.3) is 0 Å². The van der Waals surface area contributed by atoms with Gasteiger partial charge in [0.2, 0.25) is 0 Å². The third-order valence-electron chi connectivity index (χ3n) is 3.75. The lowest BCUT2D eigenvalue weighted by Gasteiger charge is -2.19. The van der Waals surface area contributed by atoms with Crippen LogP contribution in [-0.4, -0.2) is 0 Å². The predicted molar refractivity (Wildman–Crippen MR) is 85.0 cm³/mol. The minimum atomic E-state index is 0.524.